The molecule has 210 valence electrons. The minimum Gasteiger partial charge on any atom is -0.437 e. The molecule has 1 saturated heterocycles. The normalized spacial score (nSPS) is 14.4. The average Bonchev–Trinajstić information content (AvgIpc) is 3.33. The molecule has 0 spiro atoms. The molecule has 40 heavy (non-hydrogen) atoms. The molecule has 1 aliphatic rings. The summed E-state index contributed by atoms with van der Waals surface area (Å²) in [7, 11) is 3.80. The molecule has 1 fully saturated rings. The van der Waals surface area contributed by atoms with E-state index in [1.807, 2.05) is 13.1 Å². The van der Waals surface area contributed by atoms with E-state index in [0.29, 0.717) is 16.8 Å². The fourth-order valence-electron chi connectivity index (χ4n) is 4.38. The summed E-state index contributed by atoms with van der Waals surface area (Å²) >= 11 is 7.85. The van der Waals surface area contributed by atoms with Gasteiger partial charge in [0.25, 0.3) is 0 Å². The topological polar surface area (TPSA) is 71.3 Å². The highest BCUT2D eigenvalue weighted by Gasteiger charge is 2.41. The van der Waals surface area contributed by atoms with Gasteiger partial charge in [0.1, 0.15) is 16.3 Å². The Bertz CT molecular complexity index is 1510. The number of ether oxygens (including phenoxy) is 1. The van der Waals surface area contributed by atoms with Gasteiger partial charge in [-0.3, -0.25) is 9.40 Å². The van der Waals surface area contributed by atoms with Crippen molar-refractivity contribution < 1.29 is 17.9 Å². The lowest BCUT2D eigenvalue weighted by molar-refractivity contribution is -0.138. The molecular weight excluding hydrogens is 563 g/mol. The van der Waals surface area contributed by atoms with Crippen molar-refractivity contribution in [2.75, 3.05) is 42.8 Å². The molecule has 1 aliphatic heterocycles. The number of nitrogens with one attached hydrogen (secondary N) is 1. The molecule has 0 bridgehead atoms. The van der Waals surface area contributed by atoms with Crippen molar-refractivity contribution in [3.63, 3.8) is 0 Å². The molecule has 0 unspecified atom stereocenters. The number of hydrogen-bond donors (Lipinski definition) is 1. The lowest BCUT2D eigenvalue weighted by Gasteiger charge is -2.34. The first-order valence-corrected chi connectivity index (χ1v) is 13.7. The van der Waals surface area contributed by atoms with E-state index in [1.165, 1.54) is 6.07 Å². The zero-order chi connectivity index (χ0) is 28.4. The molecule has 0 radical (unpaired) electrons. The van der Waals surface area contributed by atoms with Crippen LogP contribution in [0.2, 0.25) is 5.02 Å². The number of alkyl halides is 3. The van der Waals surface area contributed by atoms with Crippen LogP contribution in [0.25, 0.3) is 11.3 Å². The number of piperazine rings is 1. The van der Waals surface area contributed by atoms with Crippen molar-refractivity contribution in [1.29, 1.82) is 0 Å². The van der Waals surface area contributed by atoms with Crippen molar-refractivity contribution in [2.45, 2.75) is 18.0 Å². The third kappa shape index (κ3) is 6.13. The van der Waals surface area contributed by atoms with E-state index in [-0.39, 0.29) is 22.4 Å². The number of aryl methyl sites for hydroxylation is 2. The van der Waals surface area contributed by atoms with Gasteiger partial charge in [-0.15, -0.1) is 0 Å². The summed E-state index contributed by atoms with van der Waals surface area (Å²) in [6.07, 6.45) is -1.44. The first-order valence-electron chi connectivity index (χ1n) is 12.5. The van der Waals surface area contributed by atoms with Gasteiger partial charge in [0.2, 0.25) is 11.8 Å². The van der Waals surface area contributed by atoms with Crippen molar-refractivity contribution in [1.82, 2.24) is 24.6 Å². The van der Waals surface area contributed by atoms with Crippen molar-refractivity contribution in [3.8, 4) is 22.9 Å². The van der Waals surface area contributed by atoms with E-state index in [1.54, 1.807) is 61.4 Å². The number of nitrogens with zero attached hydrogens (tertiary/aromatic N) is 6. The van der Waals surface area contributed by atoms with Crippen LogP contribution < -0.4 is 14.4 Å². The standard InChI is InChI=1S/C27H27ClF3N7OS/c1-17-7-4-5-8-19(17)24-22(27(29,30)31)25(34-26(33-24)35-40-18-15-32-37(3)16-18)39-21-10-6-9-20(23(21)28)38-13-11-36(2)12-14-38/h4-10,15-16H,11-14H2,1-3H3,(H,33,34,35). The van der Waals surface area contributed by atoms with Crippen LogP contribution in [-0.4, -0.2) is 57.9 Å². The molecule has 13 heteroatoms. The average molecular weight is 590 g/mol. The summed E-state index contributed by atoms with van der Waals surface area (Å²) in [4.78, 5) is 13.5. The van der Waals surface area contributed by atoms with E-state index in [9.17, 15) is 13.2 Å². The maximum Gasteiger partial charge on any atom is 0.423 e. The Hall–Kier alpha value is -3.48. The minimum atomic E-state index is -4.82. The molecule has 2 aromatic carbocycles. The van der Waals surface area contributed by atoms with Gasteiger partial charge >= 0.3 is 6.18 Å². The zero-order valence-electron chi connectivity index (χ0n) is 22.0. The molecule has 2 aromatic heterocycles. The maximum atomic E-state index is 14.7. The quantitative estimate of drug-likeness (QED) is 0.244. The lowest BCUT2D eigenvalue weighted by Crippen LogP contribution is -2.44. The van der Waals surface area contributed by atoms with Crippen molar-refractivity contribution in [2.24, 2.45) is 7.05 Å². The number of rotatable bonds is 7. The van der Waals surface area contributed by atoms with Crippen LogP contribution in [0.15, 0.2) is 59.8 Å². The second kappa shape index (κ2) is 11.6. The van der Waals surface area contributed by atoms with E-state index in [4.69, 9.17) is 16.3 Å². The Labute approximate surface area is 239 Å². The number of benzene rings is 2. The highest BCUT2D eigenvalue weighted by atomic mass is 35.5. The monoisotopic (exact) mass is 589 g/mol. The summed E-state index contributed by atoms with van der Waals surface area (Å²) in [5.41, 5.74) is 0.253. The molecular formula is C27H27ClF3N7OS. The second-order valence-corrected chi connectivity index (χ2v) is 10.7. The van der Waals surface area contributed by atoms with Gasteiger partial charge in [0, 0.05) is 45.0 Å². The molecule has 0 amide bonds. The molecule has 0 atom stereocenters. The lowest BCUT2D eigenvalue weighted by atomic mass is 10.0. The fraction of sp³-hybridized carbons (Fsp3) is 0.296. The van der Waals surface area contributed by atoms with E-state index in [0.717, 1.165) is 43.0 Å². The van der Waals surface area contributed by atoms with Crippen molar-refractivity contribution >= 4 is 35.2 Å². The number of hydrogen-bond acceptors (Lipinski definition) is 8. The molecule has 3 heterocycles. The fourth-order valence-corrected chi connectivity index (χ4v) is 5.27. The first-order chi connectivity index (χ1) is 19.1. The number of halogens is 4. The Kier molecular flexibility index (Phi) is 8.11. The summed E-state index contributed by atoms with van der Waals surface area (Å²) in [5.74, 6) is -0.627. The largest absolute Gasteiger partial charge is 0.437 e. The van der Waals surface area contributed by atoms with Gasteiger partial charge < -0.3 is 14.5 Å². The van der Waals surface area contributed by atoms with Crippen molar-refractivity contribution in [3.05, 3.63) is 71.0 Å². The van der Waals surface area contributed by atoms with Crippen LogP contribution in [0.3, 0.4) is 0 Å². The first kappa shape index (κ1) is 28.1. The van der Waals surface area contributed by atoms with Gasteiger partial charge in [-0.1, -0.05) is 41.9 Å². The minimum absolute atomic E-state index is 0.0542. The van der Waals surface area contributed by atoms with E-state index in [2.05, 4.69) is 29.6 Å². The van der Waals surface area contributed by atoms with E-state index >= 15 is 0 Å². The van der Waals surface area contributed by atoms with Gasteiger partial charge in [-0.2, -0.15) is 23.3 Å². The maximum absolute atomic E-state index is 14.7. The van der Waals surface area contributed by atoms with E-state index < -0.39 is 17.6 Å². The molecule has 4 aromatic rings. The third-order valence-corrected chi connectivity index (χ3v) is 7.61. The molecule has 5 rings (SSSR count). The summed E-state index contributed by atoms with van der Waals surface area (Å²) in [6.45, 7) is 4.88. The van der Waals surface area contributed by atoms with Gasteiger partial charge in [0.05, 0.1) is 22.5 Å². The Morgan fingerprint density at radius 2 is 1.75 bits per heavy atom. The predicted octanol–water partition coefficient (Wildman–Crippen LogP) is 6.52. The molecule has 8 nitrogen and oxygen atoms in total. The smallest absolute Gasteiger partial charge is 0.423 e. The van der Waals surface area contributed by atoms with Crippen LogP contribution in [-0.2, 0) is 13.2 Å². The second-order valence-electron chi connectivity index (χ2n) is 9.42. The van der Waals surface area contributed by atoms with Gasteiger partial charge in [-0.05, 0) is 43.6 Å². The summed E-state index contributed by atoms with van der Waals surface area (Å²) in [5, 5.41) is 4.32. The highest BCUT2D eigenvalue weighted by Crippen LogP contribution is 2.46. The number of aromatic nitrogens is 4. The van der Waals surface area contributed by atoms with Crippen LogP contribution in [0.4, 0.5) is 24.8 Å². The SMILES string of the molecule is Cc1ccccc1-c1nc(NSc2cnn(C)c2)nc(Oc2cccc(N3CCN(C)CC3)c2Cl)c1C(F)(F)F. The Morgan fingerprint density at radius 3 is 2.42 bits per heavy atom. The van der Waals surface area contributed by atoms with Gasteiger partial charge in [-0.25, -0.2) is 4.98 Å². The number of likely N-dealkylation sites (N-methyl/N-ethyl adjacent to an activating group) is 1. The molecule has 0 aliphatic carbocycles. The van der Waals surface area contributed by atoms with Gasteiger partial charge in [0.15, 0.2) is 0 Å². The summed E-state index contributed by atoms with van der Waals surface area (Å²) in [6, 6.07) is 11.8. The number of anilines is 2. The Balaban J connectivity index is 1.59. The third-order valence-electron chi connectivity index (χ3n) is 6.49. The molecule has 1 N–H and O–H groups in total. The predicted molar refractivity (Wildman–Crippen MR) is 151 cm³/mol. The molecule has 0 saturated carbocycles. The highest BCUT2D eigenvalue weighted by molar-refractivity contribution is 8.00. The zero-order valence-corrected chi connectivity index (χ0v) is 23.6. The van der Waals surface area contributed by atoms with Crippen LogP contribution >= 0.6 is 23.5 Å². The Morgan fingerprint density at radius 1 is 1.00 bits per heavy atom. The van der Waals surface area contributed by atoms with Crippen LogP contribution in [0, 0.1) is 6.92 Å². The van der Waals surface area contributed by atoms with Crippen LogP contribution in [0.5, 0.6) is 11.6 Å². The van der Waals surface area contributed by atoms with Crippen LogP contribution in [0.1, 0.15) is 11.1 Å². The summed E-state index contributed by atoms with van der Waals surface area (Å²) < 4.78 is 54.5.